The van der Waals surface area contributed by atoms with Crippen LogP contribution < -0.4 is 10.1 Å². The van der Waals surface area contributed by atoms with Gasteiger partial charge in [-0.15, -0.1) is 10.2 Å². The van der Waals surface area contributed by atoms with Gasteiger partial charge in [0.2, 0.25) is 0 Å². The van der Waals surface area contributed by atoms with Crippen molar-refractivity contribution in [3.8, 4) is 5.75 Å². The standard InChI is InChI=1S/C15H23N5O/c1-4-8-16-13(11-15-17-19-20(2)18-15)9-12-6-5-7-14(10-12)21-3/h5-7,10,13,16H,4,8-9,11H2,1-3H3. The van der Waals surface area contributed by atoms with Gasteiger partial charge >= 0.3 is 0 Å². The second-order valence-corrected chi connectivity index (χ2v) is 5.11. The fraction of sp³-hybridized carbons (Fsp3) is 0.533. The first-order valence-electron chi connectivity index (χ1n) is 7.30. The van der Waals surface area contributed by atoms with Gasteiger partial charge in [-0.2, -0.15) is 4.80 Å². The molecule has 0 aliphatic carbocycles. The number of rotatable bonds is 8. The van der Waals surface area contributed by atoms with Crippen LogP contribution in [0.5, 0.6) is 5.75 Å². The molecule has 1 N–H and O–H groups in total. The maximum atomic E-state index is 5.28. The Hall–Kier alpha value is -1.95. The average Bonchev–Trinajstić information content (AvgIpc) is 2.90. The number of tetrazole rings is 1. The SMILES string of the molecule is CCCNC(Cc1cccc(OC)c1)Cc1nnn(C)n1. The Balaban J connectivity index is 2.04. The molecule has 1 atom stereocenters. The summed E-state index contributed by atoms with van der Waals surface area (Å²) in [6.07, 6.45) is 2.78. The van der Waals surface area contributed by atoms with Crippen LogP contribution in [0, 0.1) is 0 Å². The molecular weight excluding hydrogens is 266 g/mol. The molecule has 6 heteroatoms. The lowest BCUT2D eigenvalue weighted by atomic mass is 10.0. The van der Waals surface area contributed by atoms with E-state index in [4.69, 9.17) is 4.74 Å². The smallest absolute Gasteiger partial charge is 0.176 e. The van der Waals surface area contributed by atoms with E-state index >= 15 is 0 Å². The molecule has 1 aromatic heterocycles. The summed E-state index contributed by atoms with van der Waals surface area (Å²) in [5.74, 6) is 1.66. The van der Waals surface area contributed by atoms with E-state index in [0.29, 0.717) is 6.04 Å². The minimum atomic E-state index is 0.293. The fourth-order valence-electron chi connectivity index (χ4n) is 2.27. The Bertz CT molecular complexity index is 555. The number of hydrogen-bond acceptors (Lipinski definition) is 5. The Morgan fingerprint density at radius 3 is 2.86 bits per heavy atom. The van der Waals surface area contributed by atoms with Crippen LogP contribution in [0.3, 0.4) is 0 Å². The van der Waals surface area contributed by atoms with Crippen molar-refractivity contribution in [3.05, 3.63) is 35.7 Å². The molecule has 0 aliphatic heterocycles. The lowest BCUT2D eigenvalue weighted by Crippen LogP contribution is -2.34. The van der Waals surface area contributed by atoms with Crippen LogP contribution in [0.25, 0.3) is 0 Å². The molecule has 21 heavy (non-hydrogen) atoms. The molecule has 0 bridgehead atoms. The molecule has 0 spiro atoms. The zero-order valence-corrected chi connectivity index (χ0v) is 12.9. The summed E-state index contributed by atoms with van der Waals surface area (Å²) in [4.78, 5) is 1.50. The third-order valence-electron chi connectivity index (χ3n) is 3.28. The van der Waals surface area contributed by atoms with Crippen molar-refractivity contribution in [1.82, 2.24) is 25.5 Å². The average molecular weight is 289 g/mol. The third kappa shape index (κ3) is 4.82. The Kier molecular flexibility index (Phi) is 5.68. The lowest BCUT2D eigenvalue weighted by Gasteiger charge is -2.17. The van der Waals surface area contributed by atoms with Gasteiger partial charge in [0.1, 0.15) is 5.75 Å². The third-order valence-corrected chi connectivity index (χ3v) is 3.28. The molecule has 0 fully saturated rings. The van der Waals surface area contributed by atoms with Crippen molar-refractivity contribution in [3.63, 3.8) is 0 Å². The van der Waals surface area contributed by atoms with Gasteiger partial charge in [-0.25, -0.2) is 0 Å². The van der Waals surface area contributed by atoms with E-state index in [1.54, 1.807) is 14.2 Å². The first kappa shape index (κ1) is 15.4. The monoisotopic (exact) mass is 289 g/mol. The first-order chi connectivity index (χ1) is 10.2. The molecule has 1 unspecified atom stereocenters. The Morgan fingerprint density at radius 1 is 1.33 bits per heavy atom. The second-order valence-electron chi connectivity index (χ2n) is 5.11. The summed E-state index contributed by atoms with van der Waals surface area (Å²) in [6, 6.07) is 8.47. The highest BCUT2D eigenvalue weighted by Crippen LogP contribution is 2.15. The van der Waals surface area contributed by atoms with E-state index in [2.05, 4.69) is 39.8 Å². The van der Waals surface area contributed by atoms with Gasteiger partial charge in [-0.05, 0) is 42.3 Å². The van der Waals surface area contributed by atoms with Crippen LogP contribution in [-0.2, 0) is 19.9 Å². The number of methoxy groups -OCH3 is 1. The highest BCUT2D eigenvalue weighted by atomic mass is 16.5. The van der Waals surface area contributed by atoms with Crippen molar-refractivity contribution >= 4 is 0 Å². The van der Waals surface area contributed by atoms with Gasteiger partial charge in [0.05, 0.1) is 14.2 Å². The largest absolute Gasteiger partial charge is 0.497 e. The van der Waals surface area contributed by atoms with Gasteiger partial charge in [0.15, 0.2) is 5.82 Å². The molecule has 2 aromatic rings. The summed E-state index contributed by atoms with van der Waals surface area (Å²) in [5, 5.41) is 15.8. The Labute approximate surface area is 125 Å². The fourth-order valence-corrected chi connectivity index (χ4v) is 2.27. The first-order valence-corrected chi connectivity index (χ1v) is 7.30. The van der Waals surface area contributed by atoms with Crippen LogP contribution >= 0.6 is 0 Å². The van der Waals surface area contributed by atoms with Crippen LogP contribution in [0.15, 0.2) is 24.3 Å². The van der Waals surface area contributed by atoms with Gasteiger partial charge < -0.3 is 10.1 Å². The molecule has 1 aromatic carbocycles. The predicted molar refractivity (Wildman–Crippen MR) is 81.3 cm³/mol. The number of benzene rings is 1. The zero-order valence-electron chi connectivity index (χ0n) is 12.9. The predicted octanol–water partition coefficient (Wildman–Crippen LogP) is 1.37. The Morgan fingerprint density at radius 2 is 2.19 bits per heavy atom. The van der Waals surface area contributed by atoms with Crippen molar-refractivity contribution in [1.29, 1.82) is 0 Å². The molecule has 1 heterocycles. The molecule has 0 radical (unpaired) electrons. The van der Waals surface area contributed by atoms with Crippen LogP contribution in [0.1, 0.15) is 24.7 Å². The summed E-state index contributed by atoms with van der Waals surface area (Å²) in [7, 11) is 3.47. The van der Waals surface area contributed by atoms with Gasteiger partial charge in [-0.3, -0.25) is 0 Å². The van der Waals surface area contributed by atoms with Crippen molar-refractivity contribution < 1.29 is 4.74 Å². The minimum Gasteiger partial charge on any atom is -0.497 e. The lowest BCUT2D eigenvalue weighted by molar-refractivity contribution is 0.413. The molecule has 0 saturated carbocycles. The highest BCUT2D eigenvalue weighted by Gasteiger charge is 2.13. The van der Waals surface area contributed by atoms with E-state index in [1.165, 1.54) is 10.4 Å². The zero-order chi connectivity index (χ0) is 15.1. The minimum absolute atomic E-state index is 0.293. The number of nitrogens with one attached hydrogen (secondary N) is 1. The second kappa shape index (κ2) is 7.73. The van der Waals surface area contributed by atoms with Crippen molar-refractivity contribution in [2.75, 3.05) is 13.7 Å². The quantitative estimate of drug-likeness (QED) is 0.795. The number of nitrogens with zero attached hydrogens (tertiary/aromatic N) is 4. The molecule has 114 valence electrons. The molecule has 0 amide bonds. The van der Waals surface area contributed by atoms with E-state index in [0.717, 1.165) is 37.4 Å². The van der Waals surface area contributed by atoms with Crippen LogP contribution in [0.4, 0.5) is 0 Å². The highest BCUT2D eigenvalue weighted by molar-refractivity contribution is 5.29. The molecule has 6 nitrogen and oxygen atoms in total. The van der Waals surface area contributed by atoms with E-state index in [-0.39, 0.29) is 0 Å². The maximum absolute atomic E-state index is 5.28. The van der Waals surface area contributed by atoms with Crippen molar-refractivity contribution in [2.24, 2.45) is 7.05 Å². The van der Waals surface area contributed by atoms with E-state index in [1.807, 2.05) is 12.1 Å². The summed E-state index contributed by atoms with van der Waals surface area (Å²) < 4.78 is 5.28. The van der Waals surface area contributed by atoms with Gasteiger partial charge in [0.25, 0.3) is 0 Å². The number of hydrogen-bond donors (Lipinski definition) is 1. The molecular formula is C15H23N5O. The van der Waals surface area contributed by atoms with Gasteiger partial charge in [0, 0.05) is 12.5 Å². The van der Waals surface area contributed by atoms with E-state index in [9.17, 15) is 0 Å². The molecule has 0 aliphatic rings. The molecule has 0 saturated heterocycles. The topological polar surface area (TPSA) is 64.9 Å². The van der Waals surface area contributed by atoms with Crippen LogP contribution in [-0.4, -0.2) is 39.9 Å². The summed E-state index contributed by atoms with van der Waals surface area (Å²) in [5.41, 5.74) is 1.24. The number of aryl methyl sites for hydroxylation is 1. The summed E-state index contributed by atoms with van der Waals surface area (Å²) >= 11 is 0. The van der Waals surface area contributed by atoms with Crippen molar-refractivity contribution in [2.45, 2.75) is 32.2 Å². The normalized spacial score (nSPS) is 12.3. The van der Waals surface area contributed by atoms with Crippen LogP contribution in [0.2, 0.25) is 0 Å². The number of ether oxygens (including phenoxy) is 1. The summed E-state index contributed by atoms with van der Waals surface area (Å²) in [6.45, 7) is 3.14. The van der Waals surface area contributed by atoms with Gasteiger partial charge in [-0.1, -0.05) is 19.1 Å². The molecule has 2 rings (SSSR count). The number of aromatic nitrogens is 4. The maximum Gasteiger partial charge on any atom is 0.176 e. The van der Waals surface area contributed by atoms with E-state index < -0.39 is 0 Å².